The van der Waals surface area contributed by atoms with Gasteiger partial charge in [0.25, 0.3) is 0 Å². The summed E-state index contributed by atoms with van der Waals surface area (Å²) in [4.78, 5) is 18.4. The summed E-state index contributed by atoms with van der Waals surface area (Å²) in [6.07, 6.45) is 1.15. The number of hydrogen-bond acceptors (Lipinski definition) is 7. The number of halogens is 1. The Morgan fingerprint density at radius 2 is 2.19 bits per heavy atom. The van der Waals surface area contributed by atoms with Gasteiger partial charge in [0.15, 0.2) is 0 Å². The monoisotopic (exact) mass is 353 g/mol. The maximum atomic E-state index is 11.0. The molecule has 0 unspecified atom stereocenters. The topological polar surface area (TPSA) is 102 Å². The fourth-order valence-corrected chi connectivity index (χ4v) is 2.14. The quantitative estimate of drug-likeness (QED) is 0.629. The Kier molecular flexibility index (Phi) is 4.53. The molecule has 0 aliphatic rings. The van der Waals surface area contributed by atoms with Crippen molar-refractivity contribution >= 4 is 39.1 Å². The van der Waals surface area contributed by atoms with Crippen molar-refractivity contribution in [2.24, 2.45) is 0 Å². The molecule has 8 nitrogen and oxygen atoms in total. The molecule has 0 aliphatic heterocycles. The Bertz CT molecular complexity index is 680. The smallest absolute Gasteiger partial charge is 0.329 e. The summed E-state index contributed by atoms with van der Waals surface area (Å²) in [5.41, 5.74) is 0.424. The molecule has 0 radical (unpaired) electrons. The van der Waals surface area contributed by atoms with Crippen LogP contribution >= 0.6 is 15.9 Å². The van der Waals surface area contributed by atoms with E-state index in [2.05, 4.69) is 36.5 Å². The van der Waals surface area contributed by atoms with Gasteiger partial charge >= 0.3 is 5.69 Å². The Hall–Kier alpha value is -2.42. The van der Waals surface area contributed by atoms with Crippen LogP contribution in [0.4, 0.5) is 23.1 Å². The molecule has 0 amide bonds. The van der Waals surface area contributed by atoms with Gasteiger partial charge in [-0.15, -0.1) is 0 Å². The summed E-state index contributed by atoms with van der Waals surface area (Å²) in [6.45, 7) is 0. The van der Waals surface area contributed by atoms with Crippen LogP contribution in [-0.4, -0.2) is 29.0 Å². The number of anilines is 3. The normalized spacial score (nSPS) is 10.0. The summed E-state index contributed by atoms with van der Waals surface area (Å²) in [5.74, 6) is 1.06. The first-order valence-corrected chi connectivity index (χ1v) is 6.64. The molecule has 110 valence electrons. The van der Waals surface area contributed by atoms with Crippen LogP contribution in [0.3, 0.4) is 0 Å². The van der Waals surface area contributed by atoms with Crippen molar-refractivity contribution < 1.29 is 9.66 Å². The van der Waals surface area contributed by atoms with Gasteiger partial charge in [-0.05, 0) is 34.1 Å². The van der Waals surface area contributed by atoms with Gasteiger partial charge in [-0.3, -0.25) is 10.1 Å². The van der Waals surface area contributed by atoms with Gasteiger partial charge < -0.3 is 15.4 Å². The number of aromatic nitrogens is 2. The molecule has 0 saturated carbocycles. The number of nitrogens with one attached hydrogen (secondary N) is 2. The van der Waals surface area contributed by atoms with E-state index >= 15 is 0 Å². The van der Waals surface area contributed by atoms with E-state index in [-0.39, 0.29) is 17.5 Å². The number of rotatable bonds is 5. The minimum absolute atomic E-state index is 0.108. The molecular weight excluding hydrogens is 342 g/mol. The molecule has 2 rings (SSSR count). The van der Waals surface area contributed by atoms with Crippen molar-refractivity contribution in [3.63, 3.8) is 0 Å². The minimum Gasteiger partial charge on any atom is -0.496 e. The van der Waals surface area contributed by atoms with E-state index in [0.717, 1.165) is 10.7 Å². The third kappa shape index (κ3) is 3.37. The molecule has 0 fully saturated rings. The third-order valence-electron chi connectivity index (χ3n) is 2.60. The number of ether oxygens (including phenoxy) is 1. The number of nitro groups is 1. The third-order valence-corrected chi connectivity index (χ3v) is 3.22. The summed E-state index contributed by atoms with van der Waals surface area (Å²) >= 11 is 3.35. The van der Waals surface area contributed by atoms with Gasteiger partial charge in [0.2, 0.25) is 11.8 Å². The van der Waals surface area contributed by atoms with Crippen LogP contribution in [0.2, 0.25) is 0 Å². The van der Waals surface area contributed by atoms with Gasteiger partial charge in [-0.25, -0.2) is 4.98 Å². The lowest BCUT2D eigenvalue weighted by Gasteiger charge is -2.09. The van der Waals surface area contributed by atoms with E-state index in [1.807, 2.05) is 0 Å². The molecule has 0 aliphatic carbocycles. The van der Waals surface area contributed by atoms with E-state index in [9.17, 15) is 10.1 Å². The Morgan fingerprint density at radius 1 is 1.43 bits per heavy atom. The van der Waals surface area contributed by atoms with Crippen LogP contribution in [-0.2, 0) is 0 Å². The lowest BCUT2D eigenvalue weighted by Crippen LogP contribution is -2.04. The molecule has 21 heavy (non-hydrogen) atoms. The molecule has 0 spiro atoms. The van der Waals surface area contributed by atoms with Crippen LogP contribution in [0.25, 0.3) is 0 Å². The highest BCUT2D eigenvalue weighted by Gasteiger charge is 2.17. The summed E-state index contributed by atoms with van der Waals surface area (Å²) in [7, 11) is 3.19. The van der Waals surface area contributed by atoms with Crippen molar-refractivity contribution in [3.05, 3.63) is 39.0 Å². The Morgan fingerprint density at radius 3 is 2.76 bits per heavy atom. The lowest BCUT2D eigenvalue weighted by molar-refractivity contribution is -0.384. The van der Waals surface area contributed by atoms with E-state index in [0.29, 0.717) is 11.4 Å². The standard InChI is InChI=1S/C12H12BrN5O3/c1-14-12-15-6-9(18(19)20)11(17-12)16-7-3-4-10(21-2)8(13)5-7/h3-6H,1-2H3,(H2,14,15,16,17). The number of methoxy groups -OCH3 is 1. The number of nitrogens with zero attached hydrogens (tertiary/aromatic N) is 3. The van der Waals surface area contributed by atoms with Crippen molar-refractivity contribution in [1.29, 1.82) is 0 Å². The van der Waals surface area contributed by atoms with Crippen LogP contribution in [0.15, 0.2) is 28.9 Å². The summed E-state index contributed by atoms with van der Waals surface area (Å²) < 4.78 is 5.85. The van der Waals surface area contributed by atoms with Gasteiger partial charge in [0.05, 0.1) is 16.5 Å². The maximum absolute atomic E-state index is 11.0. The molecule has 2 N–H and O–H groups in total. The van der Waals surface area contributed by atoms with Crippen LogP contribution in [0.1, 0.15) is 0 Å². The second kappa shape index (κ2) is 6.35. The molecule has 0 bridgehead atoms. The van der Waals surface area contributed by atoms with Crippen molar-refractivity contribution in [3.8, 4) is 5.75 Å². The zero-order chi connectivity index (χ0) is 15.4. The number of benzene rings is 1. The van der Waals surface area contributed by atoms with Crippen LogP contribution in [0, 0.1) is 10.1 Å². The largest absolute Gasteiger partial charge is 0.496 e. The summed E-state index contributed by atoms with van der Waals surface area (Å²) in [5, 5.41) is 16.7. The van der Waals surface area contributed by atoms with E-state index in [1.165, 1.54) is 0 Å². The van der Waals surface area contributed by atoms with Gasteiger partial charge in [-0.1, -0.05) is 0 Å². The van der Waals surface area contributed by atoms with E-state index in [1.54, 1.807) is 32.4 Å². The zero-order valence-corrected chi connectivity index (χ0v) is 12.8. The fraction of sp³-hybridized carbons (Fsp3) is 0.167. The van der Waals surface area contributed by atoms with Crippen LogP contribution < -0.4 is 15.4 Å². The van der Waals surface area contributed by atoms with Crippen LogP contribution in [0.5, 0.6) is 5.75 Å². The fourth-order valence-electron chi connectivity index (χ4n) is 1.60. The first kappa shape index (κ1) is 15.0. The maximum Gasteiger partial charge on any atom is 0.329 e. The van der Waals surface area contributed by atoms with Crippen molar-refractivity contribution in [2.75, 3.05) is 24.8 Å². The molecule has 0 atom stereocenters. The second-order valence-corrected chi connectivity index (χ2v) is 4.76. The predicted molar refractivity (Wildman–Crippen MR) is 82.2 cm³/mol. The first-order chi connectivity index (χ1) is 10.0. The highest BCUT2D eigenvalue weighted by molar-refractivity contribution is 9.10. The minimum atomic E-state index is -0.541. The van der Waals surface area contributed by atoms with Gasteiger partial charge in [0, 0.05) is 12.7 Å². The highest BCUT2D eigenvalue weighted by atomic mass is 79.9. The van der Waals surface area contributed by atoms with E-state index < -0.39 is 4.92 Å². The Balaban J connectivity index is 2.37. The molecule has 2 aromatic rings. The predicted octanol–water partition coefficient (Wildman–Crippen LogP) is 2.94. The average molecular weight is 354 g/mol. The molecule has 1 heterocycles. The number of hydrogen-bond donors (Lipinski definition) is 2. The molecule has 1 aromatic carbocycles. The van der Waals surface area contributed by atoms with Crippen molar-refractivity contribution in [2.45, 2.75) is 0 Å². The van der Waals surface area contributed by atoms with E-state index in [4.69, 9.17) is 4.74 Å². The lowest BCUT2D eigenvalue weighted by atomic mass is 10.3. The zero-order valence-electron chi connectivity index (χ0n) is 11.3. The van der Waals surface area contributed by atoms with Gasteiger partial charge in [0.1, 0.15) is 11.9 Å². The molecular formula is C12H12BrN5O3. The SMILES string of the molecule is CNc1ncc([N+](=O)[O-])c(Nc2ccc(OC)c(Br)c2)n1. The summed E-state index contributed by atoms with van der Waals surface area (Å²) in [6, 6.07) is 5.20. The Labute approximate surface area is 128 Å². The molecule has 9 heteroatoms. The molecule has 0 saturated heterocycles. The van der Waals surface area contributed by atoms with Gasteiger partial charge in [-0.2, -0.15) is 4.98 Å². The average Bonchev–Trinajstić information content (AvgIpc) is 2.47. The molecule has 1 aromatic heterocycles. The first-order valence-electron chi connectivity index (χ1n) is 5.85. The van der Waals surface area contributed by atoms with Crippen molar-refractivity contribution in [1.82, 2.24) is 9.97 Å². The highest BCUT2D eigenvalue weighted by Crippen LogP contribution is 2.31. The second-order valence-electron chi connectivity index (χ2n) is 3.91.